The fraction of sp³-hybridized carbons (Fsp3) is 0.545. The van der Waals surface area contributed by atoms with Crippen molar-refractivity contribution in [3.63, 3.8) is 0 Å². The number of nitro groups is 1. The predicted molar refractivity (Wildman–Crippen MR) is 66.8 cm³/mol. The summed E-state index contributed by atoms with van der Waals surface area (Å²) in [5.74, 6) is -0.540. The van der Waals surface area contributed by atoms with E-state index in [-0.39, 0.29) is 23.3 Å². The molecule has 2 heterocycles. The van der Waals surface area contributed by atoms with Gasteiger partial charge >= 0.3 is 5.82 Å². The number of hydrogen-bond donors (Lipinski definition) is 3. The van der Waals surface area contributed by atoms with Crippen molar-refractivity contribution in [2.45, 2.75) is 6.10 Å². The largest absolute Gasteiger partial charge is 0.391 e. The van der Waals surface area contributed by atoms with Crippen LogP contribution in [0.25, 0.3) is 0 Å². The Morgan fingerprint density at radius 2 is 2.37 bits per heavy atom. The molecule has 1 amide bonds. The number of hydrogen-bond acceptors (Lipinski definition) is 5. The third-order valence-corrected chi connectivity index (χ3v) is 3.34. The molecule has 0 aliphatic carbocycles. The number of carbonyl (C=O) groups excluding carboxylic acids is 1. The highest BCUT2D eigenvalue weighted by Crippen LogP contribution is 2.15. The van der Waals surface area contributed by atoms with E-state index in [0.29, 0.717) is 19.6 Å². The maximum absolute atomic E-state index is 11.9. The van der Waals surface area contributed by atoms with Gasteiger partial charge in [-0.25, -0.2) is 4.57 Å². The molecule has 1 aromatic heterocycles. The quantitative estimate of drug-likeness (QED) is 0.491. The number of rotatable bonds is 4. The van der Waals surface area contributed by atoms with Gasteiger partial charge in [-0.05, 0) is 11.0 Å². The Hall–Kier alpha value is -1.93. The smallest absolute Gasteiger partial charge is 0.323 e. The van der Waals surface area contributed by atoms with Gasteiger partial charge in [-0.2, -0.15) is 0 Å². The van der Waals surface area contributed by atoms with Crippen LogP contribution in [0.2, 0.25) is 0 Å². The molecular weight excluding hydrogens is 252 g/mol. The molecule has 2 rings (SSSR count). The molecule has 0 radical (unpaired) electrons. The standard InChI is InChI=1S/C11H16N4O4/c1-14-8(2-3-10(14)15(18)19)11(17)13-5-7-4-12-6-9(7)16/h2-3,7,9,12,16H,4-6H2,1H3,(H,13,17). The molecule has 2 unspecified atom stereocenters. The topological polar surface area (TPSA) is 109 Å². The molecule has 1 aliphatic heterocycles. The highest BCUT2D eigenvalue weighted by molar-refractivity contribution is 5.93. The van der Waals surface area contributed by atoms with Gasteiger partial charge in [-0.1, -0.05) is 0 Å². The van der Waals surface area contributed by atoms with E-state index in [4.69, 9.17) is 0 Å². The van der Waals surface area contributed by atoms with Gasteiger partial charge in [-0.15, -0.1) is 0 Å². The molecule has 1 aliphatic rings. The minimum atomic E-state index is -0.540. The van der Waals surface area contributed by atoms with Crippen molar-refractivity contribution in [2.24, 2.45) is 13.0 Å². The van der Waals surface area contributed by atoms with Crippen molar-refractivity contribution in [1.29, 1.82) is 0 Å². The number of amides is 1. The first-order valence-electron chi connectivity index (χ1n) is 5.97. The van der Waals surface area contributed by atoms with Crippen LogP contribution in [0.3, 0.4) is 0 Å². The van der Waals surface area contributed by atoms with Gasteiger partial charge in [0.25, 0.3) is 5.91 Å². The van der Waals surface area contributed by atoms with E-state index in [1.165, 1.54) is 23.7 Å². The first-order chi connectivity index (χ1) is 9.00. The number of β-amino-alcohol motifs (C(OH)–C–C–N with tert-alkyl or cyclic N) is 1. The van der Waals surface area contributed by atoms with Crippen molar-refractivity contribution in [1.82, 2.24) is 15.2 Å². The summed E-state index contributed by atoms with van der Waals surface area (Å²) in [4.78, 5) is 22.0. The number of nitrogens with zero attached hydrogens (tertiary/aromatic N) is 2. The van der Waals surface area contributed by atoms with E-state index in [9.17, 15) is 20.0 Å². The summed E-state index contributed by atoms with van der Waals surface area (Å²) in [6.07, 6.45) is -0.469. The van der Waals surface area contributed by atoms with E-state index in [1.54, 1.807) is 0 Å². The third kappa shape index (κ3) is 2.74. The molecule has 104 valence electrons. The van der Waals surface area contributed by atoms with Crippen LogP contribution in [0.15, 0.2) is 12.1 Å². The Morgan fingerprint density at radius 3 is 2.89 bits per heavy atom. The Labute approximate surface area is 109 Å². The molecular formula is C11H16N4O4. The predicted octanol–water partition coefficient (Wildman–Crippen LogP) is -0.757. The molecule has 1 fully saturated rings. The zero-order chi connectivity index (χ0) is 14.0. The average Bonchev–Trinajstić information content (AvgIpc) is 2.92. The summed E-state index contributed by atoms with van der Waals surface area (Å²) in [5, 5.41) is 26.0. The van der Waals surface area contributed by atoms with Gasteiger partial charge in [-0.3, -0.25) is 4.79 Å². The highest BCUT2D eigenvalue weighted by atomic mass is 16.6. The lowest BCUT2D eigenvalue weighted by Gasteiger charge is -2.13. The fourth-order valence-corrected chi connectivity index (χ4v) is 2.15. The molecule has 1 aromatic rings. The van der Waals surface area contributed by atoms with Crippen molar-refractivity contribution in [3.8, 4) is 0 Å². The number of aliphatic hydroxyl groups excluding tert-OH is 1. The fourth-order valence-electron chi connectivity index (χ4n) is 2.15. The second-order valence-electron chi connectivity index (χ2n) is 4.59. The SMILES string of the molecule is Cn1c(C(=O)NCC2CNCC2O)ccc1[N+](=O)[O-]. The van der Waals surface area contributed by atoms with E-state index in [2.05, 4.69) is 10.6 Å². The zero-order valence-corrected chi connectivity index (χ0v) is 10.5. The van der Waals surface area contributed by atoms with Gasteiger partial charge in [0.05, 0.1) is 13.2 Å². The summed E-state index contributed by atoms with van der Waals surface area (Å²) in [5.41, 5.74) is 0.229. The van der Waals surface area contributed by atoms with E-state index in [1.807, 2.05) is 0 Å². The number of carbonyl (C=O) groups is 1. The normalized spacial score (nSPS) is 22.4. The second-order valence-corrected chi connectivity index (χ2v) is 4.59. The average molecular weight is 268 g/mol. The van der Waals surface area contributed by atoms with Crippen LogP contribution >= 0.6 is 0 Å². The van der Waals surface area contributed by atoms with Gasteiger partial charge in [0.15, 0.2) is 5.69 Å². The Morgan fingerprint density at radius 1 is 1.63 bits per heavy atom. The van der Waals surface area contributed by atoms with Crippen LogP contribution in [0.4, 0.5) is 5.82 Å². The minimum Gasteiger partial charge on any atom is -0.391 e. The Balaban J connectivity index is 1.98. The molecule has 0 saturated carbocycles. The van der Waals surface area contributed by atoms with Crippen molar-refractivity contribution in [3.05, 3.63) is 27.9 Å². The van der Waals surface area contributed by atoms with Crippen molar-refractivity contribution < 1.29 is 14.8 Å². The lowest BCUT2D eigenvalue weighted by Crippen LogP contribution is -2.35. The number of aromatic nitrogens is 1. The Bertz CT molecular complexity index is 499. The lowest BCUT2D eigenvalue weighted by molar-refractivity contribution is -0.391. The maximum atomic E-state index is 11.9. The molecule has 19 heavy (non-hydrogen) atoms. The van der Waals surface area contributed by atoms with Crippen LogP contribution in [0.5, 0.6) is 0 Å². The molecule has 3 N–H and O–H groups in total. The summed E-state index contributed by atoms with van der Waals surface area (Å²) < 4.78 is 1.23. The van der Waals surface area contributed by atoms with Crippen molar-refractivity contribution in [2.75, 3.05) is 19.6 Å². The van der Waals surface area contributed by atoms with Crippen LogP contribution in [-0.4, -0.2) is 46.2 Å². The monoisotopic (exact) mass is 268 g/mol. The van der Waals surface area contributed by atoms with Gasteiger partial charge in [0.2, 0.25) is 0 Å². The van der Waals surface area contributed by atoms with Crippen LogP contribution < -0.4 is 10.6 Å². The molecule has 0 aromatic carbocycles. The molecule has 2 atom stereocenters. The van der Waals surface area contributed by atoms with Crippen molar-refractivity contribution >= 4 is 11.7 Å². The van der Waals surface area contributed by atoms with Crippen LogP contribution in [0, 0.1) is 16.0 Å². The van der Waals surface area contributed by atoms with E-state index in [0.717, 1.165) is 0 Å². The van der Waals surface area contributed by atoms with Gasteiger partial charge in [0.1, 0.15) is 0 Å². The molecule has 8 nitrogen and oxygen atoms in total. The first kappa shape index (κ1) is 13.5. The Kier molecular flexibility index (Phi) is 3.82. The maximum Gasteiger partial charge on any atom is 0.323 e. The van der Waals surface area contributed by atoms with Gasteiger partial charge < -0.3 is 25.9 Å². The first-order valence-corrected chi connectivity index (χ1v) is 5.97. The summed E-state index contributed by atoms with van der Waals surface area (Å²) in [6, 6.07) is 2.71. The summed E-state index contributed by atoms with van der Waals surface area (Å²) in [6.45, 7) is 1.51. The summed E-state index contributed by atoms with van der Waals surface area (Å²) in [7, 11) is 1.47. The second kappa shape index (κ2) is 5.37. The molecule has 1 saturated heterocycles. The number of aliphatic hydroxyl groups is 1. The zero-order valence-electron chi connectivity index (χ0n) is 10.5. The van der Waals surface area contributed by atoms with E-state index >= 15 is 0 Å². The molecule has 0 spiro atoms. The highest BCUT2D eigenvalue weighted by Gasteiger charge is 2.26. The van der Waals surface area contributed by atoms with E-state index < -0.39 is 11.0 Å². The van der Waals surface area contributed by atoms with Crippen LogP contribution in [-0.2, 0) is 7.05 Å². The minimum absolute atomic E-state index is 0.0285. The number of nitrogens with one attached hydrogen (secondary N) is 2. The molecule has 8 heteroatoms. The third-order valence-electron chi connectivity index (χ3n) is 3.34. The van der Waals surface area contributed by atoms with Gasteiger partial charge in [0, 0.05) is 31.6 Å². The summed E-state index contributed by atoms with van der Waals surface area (Å²) >= 11 is 0. The lowest BCUT2D eigenvalue weighted by atomic mass is 10.1. The molecule has 0 bridgehead atoms. The van der Waals surface area contributed by atoms with Crippen LogP contribution in [0.1, 0.15) is 10.5 Å².